The number of hydrogen-bond donors (Lipinski definition) is 0. The summed E-state index contributed by atoms with van der Waals surface area (Å²) in [7, 11) is 7.83. The van der Waals surface area contributed by atoms with Gasteiger partial charge in [0.2, 0.25) is 0 Å². The van der Waals surface area contributed by atoms with Crippen LogP contribution in [0, 0.1) is 0 Å². The molecule has 5 aromatic carbocycles. The summed E-state index contributed by atoms with van der Waals surface area (Å²) in [5, 5.41) is 1.50. The van der Waals surface area contributed by atoms with Gasteiger partial charge in [-0.05, 0) is 59.5 Å². The zero-order valence-corrected chi connectivity index (χ0v) is 25.2. The molecule has 0 unspecified atom stereocenters. The first kappa shape index (κ1) is 28.7. The van der Waals surface area contributed by atoms with E-state index in [0.717, 1.165) is 39.0 Å². The van der Waals surface area contributed by atoms with Crippen LogP contribution in [-0.4, -0.2) is 41.5 Å². The molecule has 1 heterocycles. The summed E-state index contributed by atoms with van der Waals surface area (Å²) in [6, 6.07) is 29.0. The first-order chi connectivity index (χ1) is 21.5. The van der Waals surface area contributed by atoms with Crippen LogP contribution in [0.25, 0.3) is 28.0 Å². The summed E-state index contributed by atoms with van der Waals surface area (Å²) in [4.78, 5) is 13.6. The lowest BCUT2D eigenvalue weighted by Gasteiger charge is -2.37. The van der Waals surface area contributed by atoms with Gasteiger partial charge in [-0.25, -0.2) is 4.79 Å². The fourth-order valence-corrected chi connectivity index (χ4v) is 5.84. The van der Waals surface area contributed by atoms with E-state index in [0.29, 0.717) is 33.9 Å². The molecule has 222 valence electrons. The first-order valence-corrected chi connectivity index (χ1v) is 14.0. The van der Waals surface area contributed by atoms with E-state index in [1.165, 1.54) is 7.11 Å². The van der Waals surface area contributed by atoms with Crippen molar-refractivity contribution in [1.82, 2.24) is 0 Å². The molecular formula is C37H32O7. The van der Waals surface area contributed by atoms with Crippen molar-refractivity contribution >= 4 is 22.8 Å². The number of carbonyl (C=O) groups excluding carboxylic acids is 1. The second-order valence-electron chi connectivity index (χ2n) is 10.2. The average Bonchev–Trinajstić information content (AvgIpc) is 3.10. The Kier molecular flexibility index (Phi) is 7.62. The molecule has 5 aromatic rings. The van der Waals surface area contributed by atoms with Gasteiger partial charge < -0.3 is 28.4 Å². The fraction of sp³-hybridized carbons (Fsp3) is 0.162. The molecule has 0 N–H and O–H groups in total. The van der Waals surface area contributed by atoms with Crippen LogP contribution >= 0.6 is 0 Å². The minimum atomic E-state index is -1.06. The Hall–Kier alpha value is -5.43. The zero-order chi connectivity index (χ0) is 30.8. The maximum atomic E-state index is 13.6. The van der Waals surface area contributed by atoms with Crippen molar-refractivity contribution in [1.29, 1.82) is 0 Å². The number of rotatable bonds is 8. The lowest BCUT2D eigenvalue weighted by molar-refractivity contribution is 0.0600. The van der Waals surface area contributed by atoms with Crippen LogP contribution in [-0.2, 0) is 10.3 Å². The summed E-state index contributed by atoms with van der Waals surface area (Å²) >= 11 is 0. The van der Waals surface area contributed by atoms with E-state index in [1.807, 2.05) is 103 Å². The van der Waals surface area contributed by atoms with Gasteiger partial charge in [0.25, 0.3) is 0 Å². The van der Waals surface area contributed by atoms with Crippen molar-refractivity contribution in [3.8, 4) is 39.9 Å². The maximum absolute atomic E-state index is 13.6. The molecule has 0 saturated carbocycles. The van der Waals surface area contributed by atoms with E-state index in [-0.39, 0.29) is 0 Å². The van der Waals surface area contributed by atoms with Gasteiger partial charge in [-0.3, -0.25) is 0 Å². The third-order valence-electron chi connectivity index (χ3n) is 8.04. The summed E-state index contributed by atoms with van der Waals surface area (Å²) in [5.74, 6) is 2.53. The van der Waals surface area contributed by atoms with Crippen LogP contribution in [0.1, 0.15) is 27.0 Å². The van der Waals surface area contributed by atoms with Crippen LogP contribution in [0.4, 0.5) is 0 Å². The molecule has 44 heavy (non-hydrogen) atoms. The quantitative estimate of drug-likeness (QED) is 0.172. The van der Waals surface area contributed by atoms with Gasteiger partial charge in [0.05, 0.1) is 41.1 Å². The van der Waals surface area contributed by atoms with E-state index in [9.17, 15) is 4.79 Å². The van der Waals surface area contributed by atoms with Crippen LogP contribution in [0.5, 0.6) is 28.7 Å². The second-order valence-corrected chi connectivity index (χ2v) is 10.2. The molecule has 0 spiro atoms. The molecule has 0 amide bonds. The zero-order valence-electron chi connectivity index (χ0n) is 25.2. The van der Waals surface area contributed by atoms with Gasteiger partial charge >= 0.3 is 5.97 Å². The van der Waals surface area contributed by atoms with E-state index >= 15 is 0 Å². The Labute approximate surface area is 256 Å². The monoisotopic (exact) mass is 588 g/mol. The summed E-state index contributed by atoms with van der Waals surface area (Å²) in [6.45, 7) is 0. The minimum Gasteiger partial charge on any atom is -0.497 e. The van der Waals surface area contributed by atoms with Crippen molar-refractivity contribution in [2.45, 2.75) is 5.60 Å². The molecular weight excluding hydrogens is 556 g/mol. The van der Waals surface area contributed by atoms with Crippen molar-refractivity contribution in [2.24, 2.45) is 0 Å². The summed E-state index contributed by atoms with van der Waals surface area (Å²) in [6.07, 6.45) is 3.93. The lowest BCUT2D eigenvalue weighted by Crippen LogP contribution is -2.34. The smallest absolute Gasteiger partial charge is 0.339 e. The number of ether oxygens (including phenoxy) is 6. The van der Waals surface area contributed by atoms with Crippen molar-refractivity contribution in [3.05, 3.63) is 119 Å². The molecule has 7 nitrogen and oxygen atoms in total. The molecule has 0 radical (unpaired) electrons. The van der Waals surface area contributed by atoms with Crippen molar-refractivity contribution in [2.75, 3.05) is 35.5 Å². The predicted molar refractivity (Wildman–Crippen MR) is 170 cm³/mol. The van der Waals surface area contributed by atoms with Crippen LogP contribution in [0.2, 0.25) is 0 Å². The number of benzene rings is 5. The molecule has 0 aliphatic carbocycles. The van der Waals surface area contributed by atoms with Crippen LogP contribution < -0.4 is 23.7 Å². The van der Waals surface area contributed by atoms with E-state index in [1.54, 1.807) is 28.4 Å². The fourth-order valence-electron chi connectivity index (χ4n) is 5.84. The Balaban J connectivity index is 1.72. The highest BCUT2D eigenvalue weighted by Gasteiger charge is 2.40. The average molecular weight is 589 g/mol. The Bertz CT molecular complexity index is 1810. The molecule has 1 aliphatic rings. The van der Waals surface area contributed by atoms with Gasteiger partial charge in [-0.15, -0.1) is 0 Å². The number of esters is 1. The Morgan fingerprint density at radius 1 is 0.659 bits per heavy atom. The number of methoxy groups -OCH3 is 5. The maximum Gasteiger partial charge on any atom is 0.339 e. The molecule has 0 saturated heterocycles. The predicted octanol–water partition coefficient (Wildman–Crippen LogP) is 7.68. The highest BCUT2D eigenvalue weighted by atomic mass is 16.5. The normalized spacial score (nSPS) is 13.0. The molecule has 1 aliphatic heterocycles. The third-order valence-corrected chi connectivity index (χ3v) is 8.04. The highest BCUT2D eigenvalue weighted by molar-refractivity contribution is 6.14. The van der Waals surface area contributed by atoms with E-state index in [2.05, 4.69) is 0 Å². The SMILES string of the molecule is COC(=O)c1c2c(c3cc(OC)c(OC)cc3c1-c1ccccc1)OC(c1ccc(OC)cc1)(c1ccc(OC)cc1)C=C2. The molecule has 0 aromatic heterocycles. The number of carbonyl (C=O) groups is 1. The van der Waals surface area contributed by atoms with Gasteiger partial charge in [0, 0.05) is 27.6 Å². The van der Waals surface area contributed by atoms with E-state index < -0.39 is 11.6 Å². The molecule has 0 atom stereocenters. The largest absolute Gasteiger partial charge is 0.497 e. The molecule has 0 fully saturated rings. The minimum absolute atomic E-state index is 0.391. The lowest BCUT2D eigenvalue weighted by atomic mass is 9.81. The standard InChI is InChI=1S/C37H32O7/c1-39-26-15-11-24(12-16-26)37(25-13-17-27(40-2)18-14-25)20-19-28-34(36(38)43-5)33(23-9-7-6-8-10-23)29-21-31(41-3)32(42-4)22-30(29)35(28)44-37/h6-22H,1-5H3. The van der Waals surface area contributed by atoms with Gasteiger partial charge in [0.1, 0.15) is 17.2 Å². The second kappa shape index (κ2) is 11.7. The van der Waals surface area contributed by atoms with Gasteiger partial charge in [0.15, 0.2) is 17.1 Å². The Morgan fingerprint density at radius 3 is 1.70 bits per heavy atom. The van der Waals surface area contributed by atoms with Gasteiger partial charge in [-0.2, -0.15) is 0 Å². The van der Waals surface area contributed by atoms with Gasteiger partial charge in [-0.1, -0.05) is 54.6 Å². The van der Waals surface area contributed by atoms with Crippen molar-refractivity contribution < 1.29 is 33.2 Å². The summed E-state index contributed by atoms with van der Waals surface area (Å²) in [5.41, 5.74) is 3.23. The number of hydrogen-bond acceptors (Lipinski definition) is 7. The van der Waals surface area contributed by atoms with E-state index in [4.69, 9.17) is 28.4 Å². The molecule has 7 heteroatoms. The van der Waals surface area contributed by atoms with Crippen LogP contribution in [0.3, 0.4) is 0 Å². The highest BCUT2D eigenvalue weighted by Crippen LogP contribution is 2.51. The molecule has 6 rings (SSSR count). The molecule has 0 bridgehead atoms. The topological polar surface area (TPSA) is 72.5 Å². The van der Waals surface area contributed by atoms with Crippen LogP contribution in [0.15, 0.2) is 97.1 Å². The third kappa shape index (κ3) is 4.67. The van der Waals surface area contributed by atoms with Crippen molar-refractivity contribution in [3.63, 3.8) is 0 Å². The number of fused-ring (bicyclic) bond motifs is 3. The first-order valence-electron chi connectivity index (χ1n) is 14.0. The Morgan fingerprint density at radius 2 is 1.20 bits per heavy atom. The summed E-state index contributed by atoms with van der Waals surface area (Å²) < 4.78 is 34.9.